The zero-order valence-electron chi connectivity index (χ0n) is 14.2. The van der Waals surface area contributed by atoms with Crippen LogP contribution >= 0.6 is 0 Å². The molecule has 0 spiro atoms. The van der Waals surface area contributed by atoms with E-state index in [1.165, 1.54) is 0 Å². The molecule has 1 fully saturated rings. The minimum atomic E-state index is -0.0308. The van der Waals surface area contributed by atoms with Crippen LogP contribution in [0.5, 0.6) is 0 Å². The highest BCUT2D eigenvalue weighted by Crippen LogP contribution is 2.11. The molecule has 1 saturated heterocycles. The van der Waals surface area contributed by atoms with E-state index < -0.39 is 0 Å². The minimum absolute atomic E-state index is 0.0281. The van der Waals surface area contributed by atoms with Crippen LogP contribution < -0.4 is 0 Å². The van der Waals surface area contributed by atoms with Crippen molar-refractivity contribution in [2.24, 2.45) is 0 Å². The molecule has 132 valence electrons. The normalized spacial score (nSPS) is 14.8. The topological polar surface area (TPSA) is 80.6 Å². The Bertz CT molecular complexity index is 714. The molecule has 0 bridgehead atoms. The number of nitrogens with zero attached hydrogens (tertiary/aromatic N) is 5. The lowest BCUT2D eigenvalue weighted by Crippen LogP contribution is -2.53. The third-order valence-electron chi connectivity index (χ3n) is 4.25. The van der Waals surface area contributed by atoms with Crippen molar-refractivity contribution in [1.29, 1.82) is 0 Å². The summed E-state index contributed by atoms with van der Waals surface area (Å²) in [6, 6.07) is 7.65. The standard InChI is InChI=1S/C17H21N5O3/c1-25-9-8-20-6-7-21(11-17(20)24)16(23)10-14-2-4-15(5-3-14)22-12-18-19-13-22/h2-5,12-13H,6-11H2,1H3. The zero-order valence-corrected chi connectivity index (χ0v) is 14.2. The Morgan fingerprint density at radius 1 is 1.16 bits per heavy atom. The van der Waals surface area contributed by atoms with Crippen LogP contribution in [0.1, 0.15) is 5.56 Å². The molecular weight excluding hydrogens is 322 g/mol. The van der Waals surface area contributed by atoms with Gasteiger partial charge < -0.3 is 14.5 Å². The van der Waals surface area contributed by atoms with Crippen LogP contribution in [0.25, 0.3) is 5.69 Å². The van der Waals surface area contributed by atoms with Gasteiger partial charge in [0.1, 0.15) is 12.7 Å². The molecule has 1 aliphatic heterocycles. The molecule has 0 aliphatic carbocycles. The van der Waals surface area contributed by atoms with Crippen LogP contribution in [0.15, 0.2) is 36.9 Å². The Labute approximate surface area is 146 Å². The Balaban J connectivity index is 1.55. The van der Waals surface area contributed by atoms with Gasteiger partial charge >= 0.3 is 0 Å². The lowest BCUT2D eigenvalue weighted by molar-refractivity contribution is -0.145. The SMILES string of the molecule is COCCN1CCN(C(=O)Cc2ccc(-n3cnnc3)cc2)CC1=O. The third-order valence-corrected chi connectivity index (χ3v) is 4.25. The van der Waals surface area contributed by atoms with Crippen LogP contribution in [-0.2, 0) is 20.7 Å². The summed E-state index contributed by atoms with van der Waals surface area (Å²) in [7, 11) is 1.61. The fraction of sp³-hybridized carbons (Fsp3) is 0.412. The second-order valence-corrected chi connectivity index (χ2v) is 5.90. The highest BCUT2D eigenvalue weighted by molar-refractivity contribution is 5.87. The van der Waals surface area contributed by atoms with Crippen LogP contribution in [0, 0.1) is 0 Å². The number of hydrogen-bond donors (Lipinski definition) is 0. The van der Waals surface area contributed by atoms with Crippen molar-refractivity contribution >= 4 is 11.8 Å². The first-order valence-electron chi connectivity index (χ1n) is 8.16. The summed E-state index contributed by atoms with van der Waals surface area (Å²) >= 11 is 0. The van der Waals surface area contributed by atoms with Gasteiger partial charge in [-0.05, 0) is 17.7 Å². The summed E-state index contributed by atoms with van der Waals surface area (Å²) in [5, 5.41) is 7.54. The molecule has 25 heavy (non-hydrogen) atoms. The van der Waals surface area contributed by atoms with E-state index in [-0.39, 0.29) is 24.8 Å². The summed E-state index contributed by atoms with van der Waals surface area (Å²) in [4.78, 5) is 27.9. The Hall–Kier alpha value is -2.74. The van der Waals surface area contributed by atoms with E-state index in [1.807, 2.05) is 24.3 Å². The monoisotopic (exact) mass is 343 g/mol. The average Bonchev–Trinajstić information content (AvgIpc) is 3.16. The van der Waals surface area contributed by atoms with Crippen molar-refractivity contribution in [2.45, 2.75) is 6.42 Å². The van der Waals surface area contributed by atoms with Crippen molar-refractivity contribution in [1.82, 2.24) is 24.6 Å². The first-order chi connectivity index (χ1) is 12.2. The number of hydrogen-bond acceptors (Lipinski definition) is 5. The summed E-state index contributed by atoms with van der Waals surface area (Å²) in [5.74, 6) is -0.0589. The van der Waals surface area contributed by atoms with Gasteiger partial charge in [0, 0.05) is 32.4 Å². The number of piperazine rings is 1. The summed E-state index contributed by atoms with van der Waals surface area (Å²) in [6.07, 6.45) is 3.53. The fourth-order valence-electron chi connectivity index (χ4n) is 2.77. The average molecular weight is 343 g/mol. The number of amides is 2. The van der Waals surface area contributed by atoms with Gasteiger partial charge in [-0.2, -0.15) is 0 Å². The van der Waals surface area contributed by atoms with Gasteiger partial charge in [-0.1, -0.05) is 12.1 Å². The van der Waals surface area contributed by atoms with Gasteiger partial charge in [0.05, 0.1) is 19.6 Å². The summed E-state index contributed by atoms with van der Waals surface area (Å²) < 4.78 is 6.79. The van der Waals surface area contributed by atoms with Crippen LogP contribution in [0.3, 0.4) is 0 Å². The van der Waals surface area contributed by atoms with Crippen molar-refractivity contribution in [2.75, 3.05) is 39.9 Å². The van der Waals surface area contributed by atoms with Crippen LogP contribution in [0.4, 0.5) is 0 Å². The molecule has 2 amide bonds. The molecule has 0 radical (unpaired) electrons. The summed E-state index contributed by atoms with van der Waals surface area (Å²) in [5.41, 5.74) is 1.85. The maximum absolute atomic E-state index is 12.5. The van der Waals surface area contributed by atoms with E-state index in [4.69, 9.17) is 4.74 Å². The maximum Gasteiger partial charge on any atom is 0.242 e. The van der Waals surface area contributed by atoms with Gasteiger partial charge in [-0.3, -0.25) is 14.2 Å². The number of methoxy groups -OCH3 is 1. The lowest BCUT2D eigenvalue weighted by Gasteiger charge is -2.34. The number of aromatic nitrogens is 3. The predicted molar refractivity (Wildman–Crippen MR) is 90.1 cm³/mol. The van der Waals surface area contributed by atoms with Crippen LogP contribution in [-0.4, -0.2) is 76.3 Å². The molecule has 2 aromatic rings. The number of rotatable bonds is 6. The zero-order chi connectivity index (χ0) is 17.6. The second-order valence-electron chi connectivity index (χ2n) is 5.90. The highest BCUT2D eigenvalue weighted by atomic mass is 16.5. The Morgan fingerprint density at radius 3 is 2.52 bits per heavy atom. The molecule has 1 aromatic carbocycles. The number of carbonyl (C=O) groups is 2. The van der Waals surface area contributed by atoms with Gasteiger partial charge in [0.25, 0.3) is 0 Å². The van der Waals surface area contributed by atoms with Gasteiger partial charge in [0.2, 0.25) is 11.8 Å². The molecule has 8 heteroatoms. The molecule has 1 aliphatic rings. The van der Waals surface area contributed by atoms with E-state index in [0.29, 0.717) is 26.2 Å². The Morgan fingerprint density at radius 2 is 1.88 bits per heavy atom. The van der Waals surface area contributed by atoms with Crippen molar-refractivity contribution < 1.29 is 14.3 Å². The molecule has 3 rings (SSSR count). The van der Waals surface area contributed by atoms with E-state index in [9.17, 15) is 9.59 Å². The lowest BCUT2D eigenvalue weighted by atomic mass is 10.1. The van der Waals surface area contributed by atoms with Crippen molar-refractivity contribution in [3.8, 4) is 5.69 Å². The first kappa shape index (κ1) is 17.1. The largest absolute Gasteiger partial charge is 0.383 e. The van der Waals surface area contributed by atoms with Crippen molar-refractivity contribution in [3.05, 3.63) is 42.5 Å². The van der Waals surface area contributed by atoms with Crippen molar-refractivity contribution in [3.63, 3.8) is 0 Å². The maximum atomic E-state index is 12.5. The molecule has 0 atom stereocenters. The second kappa shape index (κ2) is 7.89. The number of carbonyl (C=O) groups excluding carboxylic acids is 2. The first-order valence-corrected chi connectivity index (χ1v) is 8.16. The predicted octanol–water partition coefficient (Wildman–Crippen LogP) is 0.127. The molecular formula is C17H21N5O3. The molecule has 0 saturated carbocycles. The molecule has 0 N–H and O–H groups in total. The quantitative estimate of drug-likeness (QED) is 0.745. The number of benzene rings is 1. The molecule has 0 unspecified atom stereocenters. The van der Waals surface area contributed by atoms with E-state index in [1.54, 1.807) is 34.1 Å². The third kappa shape index (κ3) is 4.21. The van der Waals surface area contributed by atoms with E-state index in [2.05, 4.69) is 10.2 Å². The van der Waals surface area contributed by atoms with Gasteiger partial charge in [0.15, 0.2) is 0 Å². The Kier molecular flexibility index (Phi) is 5.39. The number of ether oxygens (including phenoxy) is 1. The van der Waals surface area contributed by atoms with Gasteiger partial charge in [-0.25, -0.2) is 0 Å². The minimum Gasteiger partial charge on any atom is -0.383 e. The van der Waals surface area contributed by atoms with E-state index >= 15 is 0 Å². The van der Waals surface area contributed by atoms with Crippen LogP contribution in [0.2, 0.25) is 0 Å². The fourth-order valence-corrected chi connectivity index (χ4v) is 2.77. The van der Waals surface area contributed by atoms with Gasteiger partial charge in [-0.15, -0.1) is 10.2 Å². The molecule has 2 heterocycles. The summed E-state index contributed by atoms with van der Waals surface area (Å²) in [6.45, 7) is 2.34. The molecule has 1 aromatic heterocycles. The smallest absolute Gasteiger partial charge is 0.242 e. The highest BCUT2D eigenvalue weighted by Gasteiger charge is 2.26. The molecule has 8 nitrogen and oxygen atoms in total. The van der Waals surface area contributed by atoms with E-state index in [0.717, 1.165) is 11.3 Å².